The fourth-order valence-corrected chi connectivity index (χ4v) is 1.70. The first-order valence-electron chi connectivity index (χ1n) is 5.34. The second-order valence-electron chi connectivity index (χ2n) is 3.70. The monoisotopic (exact) mass is 261 g/mol. The summed E-state index contributed by atoms with van der Waals surface area (Å²) < 4.78 is 5.46. The minimum Gasteiger partial charge on any atom is -0.545 e. The Hall–Kier alpha value is -2.00. The highest BCUT2D eigenvalue weighted by Gasteiger charge is 2.06. The van der Waals surface area contributed by atoms with Gasteiger partial charge in [0.2, 0.25) is 0 Å². The number of carbonyl (C=O) groups excluding carboxylic acids is 1. The van der Waals surface area contributed by atoms with Crippen molar-refractivity contribution in [3.8, 4) is 5.75 Å². The molecule has 2 aromatic rings. The number of hydrogen-bond donors (Lipinski definition) is 0. The van der Waals surface area contributed by atoms with Crippen molar-refractivity contribution in [2.75, 3.05) is 0 Å². The van der Waals surface area contributed by atoms with Crippen LogP contribution in [0.5, 0.6) is 5.75 Å². The van der Waals surface area contributed by atoms with Gasteiger partial charge in [0.05, 0.1) is 5.97 Å². The Balaban J connectivity index is 2.17. The molecule has 0 atom stereocenters. The van der Waals surface area contributed by atoms with Crippen LogP contribution in [-0.2, 0) is 6.61 Å². The van der Waals surface area contributed by atoms with Crippen molar-refractivity contribution in [1.82, 2.24) is 0 Å². The van der Waals surface area contributed by atoms with E-state index in [-0.39, 0.29) is 11.3 Å². The van der Waals surface area contributed by atoms with Crippen molar-refractivity contribution in [1.29, 1.82) is 0 Å². The third kappa shape index (κ3) is 3.02. The van der Waals surface area contributed by atoms with E-state index in [2.05, 4.69) is 0 Å². The summed E-state index contributed by atoms with van der Waals surface area (Å²) in [5.41, 5.74) is 0.912. The molecule has 3 nitrogen and oxygen atoms in total. The zero-order chi connectivity index (χ0) is 13.0. The van der Waals surface area contributed by atoms with Gasteiger partial charge in [0.1, 0.15) is 12.4 Å². The van der Waals surface area contributed by atoms with E-state index in [0.717, 1.165) is 5.56 Å². The molecule has 0 unspecified atom stereocenters. The van der Waals surface area contributed by atoms with Crippen LogP contribution in [0, 0.1) is 0 Å². The summed E-state index contributed by atoms with van der Waals surface area (Å²) >= 11 is 5.73. The molecule has 0 aromatic heterocycles. The van der Waals surface area contributed by atoms with Crippen LogP contribution in [0.4, 0.5) is 0 Å². The lowest BCUT2D eigenvalue weighted by Crippen LogP contribution is -2.23. The molecular formula is C14H10ClO3-. The molecule has 18 heavy (non-hydrogen) atoms. The molecule has 2 rings (SSSR count). The zero-order valence-corrected chi connectivity index (χ0v) is 10.2. The van der Waals surface area contributed by atoms with Crippen LogP contribution in [0.15, 0.2) is 48.5 Å². The maximum atomic E-state index is 10.9. The molecule has 0 radical (unpaired) electrons. The Kier molecular flexibility index (Phi) is 3.85. The number of halogens is 1. The molecule has 0 aliphatic rings. The van der Waals surface area contributed by atoms with Crippen molar-refractivity contribution in [3.63, 3.8) is 0 Å². The Morgan fingerprint density at radius 2 is 1.89 bits per heavy atom. The van der Waals surface area contributed by atoms with Gasteiger partial charge in [0.25, 0.3) is 0 Å². The van der Waals surface area contributed by atoms with Crippen molar-refractivity contribution >= 4 is 17.6 Å². The van der Waals surface area contributed by atoms with Crippen molar-refractivity contribution in [3.05, 3.63) is 64.7 Å². The van der Waals surface area contributed by atoms with E-state index in [0.29, 0.717) is 11.6 Å². The predicted molar refractivity (Wildman–Crippen MR) is 66.6 cm³/mol. The largest absolute Gasteiger partial charge is 0.545 e. The molecule has 0 N–H and O–H groups in total. The van der Waals surface area contributed by atoms with Gasteiger partial charge < -0.3 is 14.6 Å². The first-order chi connectivity index (χ1) is 8.66. The van der Waals surface area contributed by atoms with E-state index in [1.54, 1.807) is 6.07 Å². The van der Waals surface area contributed by atoms with Crippen LogP contribution in [-0.4, -0.2) is 5.97 Å². The fourth-order valence-electron chi connectivity index (χ4n) is 1.52. The Bertz CT molecular complexity index is 552. The first kappa shape index (κ1) is 12.5. The van der Waals surface area contributed by atoms with E-state index >= 15 is 0 Å². The molecule has 0 aliphatic heterocycles. The maximum absolute atomic E-state index is 10.9. The van der Waals surface area contributed by atoms with E-state index in [1.165, 1.54) is 12.1 Å². The molecule has 0 fully saturated rings. The van der Waals surface area contributed by atoms with Gasteiger partial charge in [-0.3, -0.25) is 0 Å². The number of carboxylic acid groups (broad SMARTS) is 1. The molecule has 0 bridgehead atoms. The van der Waals surface area contributed by atoms with Gasteiger partial charge in [-0.1, -0.05) is 41.9 Å². The quantitative estimate of drug-likeness (QED) is 0.848. The van der Waals surface area contributed by atoms with E-state index in [1.807, 2.05) is 30.3 Å². The molecule has 0 amide bonds. The second-order valence-corrected chi connectivity index (χ2v) is 4.14. The minimum absolute atomic E-state index is 0.0431. The minimum atomic E-state index is -1.31. The van der Waals surface area contributed by atoms with Gasteiger partial charge in [0.15, 0.2) is 0 Å². The first-order valence-corrected chi connectivity index (χ1v) is 5.72. The molecule has 2 aromatic carbocycles. The number of ether oxygens (including phenoxy) is 1. The zero-order valence-electron chi connectivity index (χ0n) is 9.43. The van der Waals surface area contributed by atoms with Crippen LogP contribution < -0.4 is 9.84 Å². The molecule has 0 saturated heterocycles. The second kappa shape index (κ2) is 5.56. The van der Waals surface area contributed by atoms with E-state index in [9.17, 15) is 9.90 Å². The van der Waals surface area contributed by atoms with Crippen LogP contribution >= 0.6 is 11.6 Å². The third-order valence-electron chi connectivity index (χ3n) is 2.40. The van der Waals surface area contributed by atoms with E-state index in [4.69, 9.17) is 16.3 Å². The molecular weight excluding hydrogens is 252 g/mol. The summed E-state index contributed by atoms with van der Waals surface area (Å²) in [4.78, 5) is 10.9. The Labute approximate surface area is 110 Å². The fraction of sp³-hybridized carbons (Fsp3) is 0.0714. The lowest BCUT2D eigenvalue weighted by molar-refractivity contribution is -0.255. The highest BCUT2D eigenvalue weighted by Crippen LogP contribution is 2.23. The number of carbonyl (C=O) groups is 1. The average Bonchev–Trinajstić information content (AvgIpc) is 2.38. The predicted octanol–water partition coefficient (Wildman–Crippen LogP) is 2.28. The average molecular weight is 262 g/mol. The summed E-state index contributed by atoms with van der Waals surface area (Å²) in [7, 11) is 0. The smallest absolute Gasteiger partial charge is 0.128 e. The van der Waals surface area contributed by atoms with Gasteiger partial charge in [-0.05, 0) is 23.8 Å². The lowest BCUT2D eigenvalue weighted by atomic mass is 10.2. The van der Waals surface area contributed by atoms with Gasteiger partial charge in [-0.15, -0.1) is 0 Å². The molecule has 0 saturated carbocycles. The van der Waals surface area contributed by atoms with Crippen LogP contribution in [0.25, 0.3) is 0 Å². The number of aromatic carboxylic acids is 1. The third-order valence-corrected chi connectivity index (χ3v) is 2.63. The van der Waals surface area contributed by atoms with E-state index < -0.39 is 5.97 Å². The molecule has 4 heteroatoms. The normalized spacial score (nSPS) is 10.1. The Morgan fingerprint density at radius 1 is 1.17 bits per heavy atom. The number of benzene rings is 2. The van der Waals surface area contributed by atoms with Crippen molar-refractivity contribution in [2.45, 2.75) is 6.61 Å². The lowest BCUT2D eigenvalue weighted by Gasteiger charge is -2.12. The highest BCUT2D eigenvalue weighted by molar-refractivity contribution is 6.31. The van der Waals surface area contributed by atoms with Crippen LogP contribution in [0.2, 0.25) is 5.02 Å². The Morgan fingerprint density at radius 3 is 2.56 bits per heavy atom. The van der Waals surface area contributed by atoms with Crippen molar-refractivity contribution in [2.24, 2.45) is 0 Å². The van der Waals surface area contributed by atoms with Gasteiger partial charge in [0, 0.05) is 10.6 Å². The summed E-state index contributed by atoms with van der Waals surface area (Å²) in [6.45, 7) is 0.294. The summed E-state index contributed by atoms with van der Waals surface area (Å²) in [5.74, 6) is -1.05. The van der Waals surface area contributed by atoms with Crippen molar-refractivity contribution < 1.29 is 14.6 Å². The summed E-state index contributed by atoms with van der Waals surface area (Å²) in [5, 5.41) is 11.3. The number of rotatable bonds is 4. The highest BCUT2D eigenvalue weighted by atomic mass is 35.5. The topological polar surface area (TPSA) is 49.4 Å². The number of carboxylic acids is 1. The summed E-state index contributed by atoms with van der Waals surface area (Å²) in [6, 6.07) is 13.9. The summed E-state index contributed by atoms with van der Waals surface area (Å²) in [6.07, 6.45) is 0. The van der Waals surface area contributed by atoms with Crippen LogP contribution in [0.3, 0.4) is 0 Å². The van der Waals surface area contributed by atoms with Gasteiger partial charge in [-0.2, -0.15) is 0 Å². The SMILES string of the molecule is O=C([O-])c1cc(Cl)ccc1OCc1ccccc1. The number of hydrogen-bond acceptors (Lipinski definition) is 3. The van der Waals surface area contributed by atoms with Crippen LogP contribution in [0.1, 0.15) is 15.9 Å². The molecule has 0 heterocycles. The molecule has 92 valence electrons. The molecule has 0 spiro atoms. The standard InChI is InChI=1S/C14H11ClO3/c15-11-6-7-13(12(8-11)14(16)17)18-9-10-4-2-1-3-5-10/h1-8H,9H2,(H,16,17)/p-1. The molecule has 0 aliphatic carbocycles. The maximum Gasteiger partial charge on any atom is 0.128 e. The van der Waals surface area contributed by atoms with Gasteiger partial charge in [-0.25, -0.2) is 0 Å². The van der Waals surface area contributed by atoms with Gasteiger partial charge >= 0.3 is 0 Å².